The predicted octanol–water partition coefficient (Wildman–Crippen LogP) is 2.87. The van der Waals surface area contributed by atoms with Crippen molar-refractivity contribution < 1.29 is 4.79 Å². The Bertz CT molecular complexity index is 1260. The lowest BCUT2D eigenvalue weighted by molar-refractivity contribution is 0.0508. The lowest BCUT2D eigenvalue weighted by Gasteiger charge is -2.38. The van der Waals surface area contributed by atoms with E-state index >= 15 is 0 Å². The van der Waals surface area contributed by atoms with E-state index in [2.05, 4.69) is 31.4 Å². The molecule has 5 rings (SSSR count). The molecule has 0 spiro atoms. The van der Waals surface area contributed by atoms with Gasteiger partial charge < -0.3 is 15.2 Å². The minimum absolute atomic E-state index is 0.0209. The summed E-state index contributed by atoms with van der Waals surface area (Å²) in [6.07, 6.45) is 7.36. The molecule has 1 aliphatic rings. The highest BCUT2D eigenvalue weighted by molar-refractivity contribution is 5.95. The Morgan fingerprint density at radius 1 is 1.30 bits per heavy atom. The molecule has 4 aromatic rings. The summed E-state index contributed by atoms with van der Waals surface area (Å²) in [5.74, 6) is 0.956. The number of hydrogen-bond donors (Lipinski definition) is 2. The number of anilines is 2. The third-order valence-electron chi connectivity index (χ3n) is 5.18. The van der Waals surface area contributed by atoms with Crippen molar-refractivity contribution in [1.82, 2.24) is 29.6 Å². The first-order chi connectivity index (χ1) is 14.7. The number of H-pyrrole nitrogens is 1. The van der Waals surface area contributed by atoms with Crippen molar-refractivity contribution in [3.05, 3.63) is 60.8 Å². The second kappa shape index (κ2) is 7.33. The van der Waals surface area contributed by atoms with Crippen molar-refractivity contribution in [2.24, 2.45) is 5.92 Å². The van der Waals surface area contributed by atoms with E-state index in [0.29, 0.717) is 30.9 Å². The van der Waals surface area contributed by atoms with Gasteiger partial charge in [0.25, 0.3) is 5.91 Å². The number of amides is 1. The average molecular weight is 398 g/mol. The number of aromatic nitrogens is 5. The average Bonchev–Trinajstić information content (AvgIpc) is 3.40. The number of carbonyl (C=O) groups is 1. The van der Waals surface area contributed by atoms with Gasteiger partial charge in [0.05, 0.1) is 35.2 Å². The fourth-order valence-corrected chi connectivity index (χ4v) is 3.60. The van der Waals surface area contributed by atoms with Crippen molar-refractivity contribution in [2.45, 2.75) is 6.42 Å². The molecule has 9 nitrogen and oxygen atoms in total. The molecule has 0 radical (unpaired) electrons. The number of carbonyl (C=O) groups excluding carboxylic acids is 1. The predicted molar refractivity (Wildman–Crippen MR) is 110 cm³/mol. The highest BCUT2D eigenvalue weighted by atomic mass is 16.2. The summed E-state index contributed by atoms with van der Waals surface area (Å²) in [5.41, 5.74) is 2.93. The van der Waals surface area contributed by atoms with Gasteiger partial charge in [0.1, 0.15) is 17.8 Å². The van der Waals surface area contributed by atoms with Crippen LogP contribution in [0.4, 0.5) is 11.5 Å². The van der Waals surface area contributed by atoms with Crippen LogP contribution in [0.2, 0.25) is 0 Å². The van der Waals surface area contributed by atoms with Crippen LogP contribution >= 0.6 is 0 Å². The molecule has 2 N–H and O–H groups in total. The summed E-state index contributed by atoms with van der Waals surface area (Å²) >= 11 is 0. The summed E-state index contributed by atoms with van der Waals surface area (Å²) in [6, 6.07) is 11.4. The second-order valence-electron chi connectivity index (χ2n) is 7.25. The van der Waals surface area contributed by atoms with E-state index in [1.807, 2.05) is 36.7 Å². The molecule has 1 aliphatic heterocycles. The largest absolute Gasteiger partial charge is 0.346 e. The molecule has 30 heavy (non-hydrogen) atoms. The molecule has 148 valence electrons. The van der Waals surface area contributed by atoms with Crippen molar-refractivity contribution in [3.63, 3.8) is 0 Å². The van der Waals surface area contributed by atoms with Crippen LogP contribution in [0.15, 0.2) is 55.2 Å². The van der Waals surface area contributed by atoms with Gasteiger partial charge in [0.15, 0.2) is 0 Å². The van der Waals surface area contributed by atoms with Crippen LogP contribution in [0.3, 0.4) is 0 Å². The molecule has 1 amide bonds. The summed E-state index contributed by atoms with van der Waals surface area (Å²) in [5, 5.41) is 17.3. The Morgan fingerprint density at radius 2 is 2.20 bits per heavy atom. The number of rotatable bonds is 5. The minimum atomic E-state index is -0.0209. The number of nitriles is 1. The fraction of sp³-hybridized carbons (Fsp3) is 0.190. The molecule has 0 saturated carbocycles. The van der Waals surface area contributed by atoms with Gasteiger partial charge in [-0.05, 0) is 24.3 Å². The number of hydrogen-bond acceptors (Lipinski definition) is 6. The summed E-state index contributed by atoms with van der Waals surface area (Å²) < 4.78 is 1.71. The smallest absolute Gasteiger partial charge is 0.253 e. The Hall–Kier alpha value is -4.19. The topological polar surface area (TPSA) is 116 Å². The zero-order valence-corrected chi connectivity index (χ0v) is 16.0. The number of likely N-dealkylation sites (tertiary alicyclic amines) is 1. The number of nitrogens with zero attached hydrogens (tertiary/aromatic N) is 6. The lowest BCUT2D eigenvalue weighted by Crippen LogP contribution is -2.49. The van der Waals surface area contributed by atoms with Crippen LogP contribution in [-0.2, 0) is 0 Å². The van der Waals surface area contributed by atoms with E-state index in [1.165, 1.54) is 6.33 Å². The monoisotopic (exact) mass is 398 g/mol. The van der Waals surface area contributed by atoms with E-state index in [9.17, 15) is 4.79 Å². The van der Waals surface area contributed by atoms with E-state index in [1.54, 1.807) is 21.8 Å². The fourth-order valence-electron chi connectivity index (χ4n) is 3.60. The zero-order chi connectivity index (χ0) is 20.5. The molecule has 0 atom stereocenters. The molecular formula is C21H18N8O. The number of nitrogens with one attached hydrogen (secondary N) is 2. The van der Waals surface area contributed by atoms with Gasteiger partial charge in [0.2, 0.25) is 0 Å². The molecule has 1 saturated heterocycles. The van der Waals surface area contributed by atoms with Gasteiger partial charge in [0, 0.05) is 37.2 Å². The molecule has 0 aliphatic carbocycles. The van der Waals surface area contributed by atoms with Crippen LogP contribution in [-0.4, -0.2) is 48.6 Å². The van der Waals surface area contributed by atoms with Gasteiger partial charge in [-0.15, -0.1) is 0 Å². The second-order valence-corrected chi connectivity index (χ2v) is 7.25. The van der Waals surface area contributed by atoms with Gasteiger partial charge in [-0.25, -0.2) is 14.6 Å². The van der Waals surface area contributed by atoms with Gasteiger partial charge in [-0.2, -0.15) is 10.4 Å². The van der Waals surface area contributed by atoms with E-state index < -0.39 is 0 Å². The quantitative estimate of drug-likeness (QED) is 0.534. The third-order valence-corrected chi connectivity index (χ3v) is 5.18. The van der Waals surface area contributed by atoms with E-state index in [-0.39, 0.29) is 11.8 Å². The van der Waals surface area contributed by atoms with Gasteiger partial charge in [-0.1, -0.05) is 6.07 Å². The summed E-state index contributed by atoms with van der Waals surface area (Å²) in [7, 11) is 0. The first kappa shape index (κ1) is 17.9. The zero-order valence-electron chi connectivity index (χ0n) is 16.0. The molecule has 1 fully saturated rings. The Labute approximate surface area is 172 Å². The van der Waals surface area contributed by atoms with Crippen molar-refractivity contribution in [1.29, 1.82) is 5.26 Å². The Balaban J connectivity index is 1.33. The maximum atomic E-state index is 12.7. The Kier molecular flexibility index (Phi) is 4.37. The van der Waals surface area contributed by atoms with Crippen LogP contribution < -0.4 is 5.32 Å². The van der Waals surface area contributed by atoms with E-state index in [0.717, 1.165) is 22.4 Å². The molecule has 0 bridgehead atoms. The summed E-state index contributed by atoms with van der Waals surface area (Å²) in [6.45, 7) is 1.28. The molecular weight excluding hydrogens is 380 g/mol. The van der Waals surface area contributed by atoms with Gasteiger partial charge >= 0.3 is 0 Å². The molecule has 3 aromatic heterocycles. The van der Waals surface area contributed by atoms with Crippen molar-refractivity contribution in [2.75, 3.05) is 18.4 Å². The standard InChI is InChI=1S/C21H18N8O/c22-6-4-14-10-28(11-14)21(30)15-2-1-3-17(8-15)29-12-16(9-26-29)27-20-18-5-7-23-19(18)24-13-25-20/h1-3,5,7-9,12-14H,4,10-11H2,(H2,23,24,25,27). The molecule has 0 unspecified atom stereocenters. The lowest BCUT2D eigenvalue weighted by atomic mass is 9.96. The SMILES string of the molecule is N#CCC1CN(C(=O)c2cccc(-n3cc(Nc4ncnc5[nH]ccc45)cn3)c2)C1. The normalized spacial score (nSPS) is 13.8. The van der Waals surface area contributed by atoms with Crippen LogP contribution in [0.25, 0.3) is 16.7 Å². The molecule has 1 aromatic carbocycles. The minimum Gasteiger partial charge on any atom is -0.346 e. The van der Waals surface area contributed by atoms with E-state index in [4.69, 9.17) is 5.26 Å². The maximum Gasteiger partial charge on any atom is 0.253 e. The first-order valence-corrected chi connectivity index (χ1v) is 9.58. The van der Waals surface area contributed by atoms with Crippen molar-refractivity contribution >= 4 is 28.4 Å². The van der Waals surface area contributed by atoms with Crippen molar-refractivity contribution in [3.8, 4) is 11.8 Å². The summed E-state index contributed by atoms with van der Waals surface area (Å²) in [4.78, 5) is 26.0. The number of benzene rings is 1. The number of fused-ring (bicyclic) bond motifs is 1. The highest BCUT2D eigenvalue weighted by Gasteiger charge is 2.30. The maximum absolute atomic E-state index is 12.7. The van der Waals surface area contributed by atoms with Crippen LogP contribution in [0, 0.1) is 17.2 Å². The number of aromatic amines is 1. The Morgan fingerprint density at radius 3 is 3.07 bits per heavy atom. The molecule has 9 heteroatoms. The molecule has 4 heterocycles. The first-order valence-electron chi connectivity index (χ1n) is 9.58. The third kappa shape index (κ3) is 3.24. The van der Waals surface area contributed by atoms with Crippen LogP contribution in [0.1, 0.15) is 16.8 Å². The highest BCUT2D eigenvalue weighted by Crippen LogP contribution is 2.24. The van der Waals surface area contributed by atoms with Crippen LogP contribution in [0.5, 0.6) is 0 Å². The van der Waals surface area contributed by atoms with Gasteiger partial charge in [-0.3, -0.25) is 4.79 Å².